The van der Waals surface area contributed by atoms with E-state index in [4.69, 9.17) is 0 Å². The Kier molecular flexibility index (Phi) is 2.69. The van der Waals surface area contributed by atoms with Crippen LogP contribution in [0.4, 0.5) is 13.2 Å². The van der Waals surface area contributed by atoms with Crippen molar-refractivity contribution in [2.24, 2.45) is 0 Å². The van der Waals surface area contributed by atoms with Crippen molar-refractivity contribution in [3.05, 3.63) is 35.1 Å². The third-order valence-corrected chi connectivity index (χ3v) is 2.78. The SMILES string of the molecule is CCN1CC1Cc1cc(F)c(F)cc1F. The Morgan fingerprint density at radius 3 is 2.47 bits per heavy atom. The van der Waals surface area contributed by atoms with Crippen molar-refractivity contribution in [3.8, 4) is 0 Å². The molecule has 15 heavy (non-hydrogen) atoms. The van der Waals surface area contributed by atoms with Gasteiger partial charge in [-0.2, -0.15) is 0 Å². The number of hydrogen-bond acceptors (Lipinski definition) is 1. The van der Waals surface area contributed by atoms with E-state index in [2.05, 4.69) is 4.90 Å². The maximum atomic E-state index is 13.2. The lowest BCUT2D eigenvalue weighted by atomic mass is 10.1. The summed E-state index contributed by atoms with van der Waals surface area (Å²) in [4.78, 5) is 2.14. The third-order valence-electron chi connectivity index (χ3n) is 2.78. The van der Waals surface area contributed by atoms with E-state index in [9.17, 15) is 13.2 Å². The smallest absolute Gasteiger partial charge is 0.161 e. The maximum Gasteiger partial charge on any atom is 0.161 e. The third kappa shape index (κ3) is 2.15. The Labute approximate surface area is 86.5 Å². The van der Waals surface area contributed by atoms with Gasteiger partial charge < -0.3 is 0 Å². The number of hydrogen-bond donors (Lipinski definition) is 0. The topological polar surface area (TPSA) is 3.01 Å². The van der Waals surface area contributed by atoms with Crippen molar-refractivity contribution in [1.29, 1.82) is 0 Å². The minimum atomic E-state index is -1.13. The van der Waals surface area contributed by atoms with Crippen LogP contribution in [0.3, 0.4) is 0 Å². The van der Waals surface area contributed by atoms with Gasteiger partial charge in [0.05, 0.1) is 0 Å². The second-order valence-corrected chi connectivity index (χ2v) is 3.80. The van der Waals surface area contributed by atoms with Crippen LogP contribution in [0.5, 0.6) is 0 Å². The Morgan fingerprint density at radius 2 is 1.87 bits per heavy atom. The number of halogens is 3. The van der Waals surface area contributed by atoms with Crippen LogP contribution in [0.2, 0.25) is 0 Å². The Morgan fingerprint density at radius 1 is 1.20 bits per heavy atom. The molecule has 0 aliphatic carbocycles. The van der Waals surface area contributed by atoms with Crippen LogP contribution in [0.15, 0.2) is 12.1 Å². The van der Waals surface area contributed by atoms with Crippen molar-refractivity contribution in [2.75, 3.05) is 13.1 Å². The molecule has 0 aromatic heterocycles. The van der Waals surface area contributed by atoms with Crippen molar-refractivity contribution < 1.29 is 13.2 Å². The fraction of sp³-hybridized carbons (Fsp3) is 0.455. The molecule has 1 aliphatic heterocycles. The zero-order valence-corrected chi connectivity index (χ0v) is 8.43. The number of benzene rings is 1. The van der Waals surface area contributed by atoms with Gasteiger partial charge in [0.25, 0.3) is 0 Å². The van der Waals surface area contributed by atoms with Gasteiger partial charge in [0, 0.05) is 18.7 Å². The lowest BCUT2D eigenvalue weighted by molar-refractivity contribution is 0.484. The summed E-state index contributed by atoms with van der Waals surface area (Å²) in [5, 5.41) is 0. The molecule has 82 valence electrons. The molecule has 1 heterocycles. The minimum absolute atomic E-state index is 0.259. The highest BCUT2D eigenvalue weighted by molar-refractivity contribution is 5.22. The first kappa shape index (κ1) is 10.5. The Balaban J connectivity index is 2.12. The summed E-state index contributed by atoms with van der Waals surface area (Å²) >= 11 is 0. The van der Waals surface area contributed by atoms with E-state index >= 15 is 0 Å². The highest BCUT2D eigenvalue weighted by atomic mass is 19.2. The molecule has 2 rings (SSSR count). The predicted molar refractivity (Wildman–Crippen MR) is 51.1 cm³/mol. The van der Waals surface area contributed by atoms with Crippen LogP contribution in [0.1, 0.15) is 12.5 Å². The van der Waals surface area contributed by atoms with Crippen LogP contribution in [-0.4, -0.2) is 24.0 Å². The molecular formula is C11H12F3N. The van der Waals surface area contributed by atoms with Crippen molar-refractivity contribution in [3.63, 3.8) is 0 Å². The first-order valence-corrected chi connectivity index (χ1v) is 4.99. The lowest BCUT2D eigenvalue weighted by Crippen LogP contribution is -2.06. The van der Waals surface area contributed by atoms with E-state index in [0.717, 1.165) is 19.2 Å². The number of likely N-dealkylation sites (N-methyl/N-ethyl adjacent to an activating group) is 1. The second kappa shape index (κ2) is 3.85. The summed E-state index contributed by atoms with van der Waals surface area (Å²) < 4.78 is 38.7. The van der Waals surface area contributed by atoms with Crippen LogP contribution in [0, 0.1) is 17.5 Å². The van der Waals surface area contributed by atoms with Crippen LogP contribution >= 0.6 is 0 Å². The molecule has 0 spiro atoms. The molecule has 0 radical (unpaired) electrons. The van der Waals surface area contributed by atoms with E-state index in [0.29, 0.717) is 12.5 Å². The summed E-state index contributed by atoms with van der Waals surface area (Å²) in [5.74, 6) is -2.76. The van der Waals surface area contributed by atoms with Crippen LogP contribution < -0.4 is 0 Å². The molecular weight excluding hydrogens is 203 g/mol. The fourth-order valence-electron chi connectivity index (χ4n) is 1.78. The van der Waals surface area contributed by atoms with Crippen LogP contribution in [-0.2, 0) is 6.42 Å². The highest BCUT2D eigenvalue weighted by Gasteiger charge is 2.32. The number of rotatable bonds is 3. The average molecular weight is 215 g/mol. The standard InChI is InChI=1S/C11H12F3N/c1-2-15-6-8(15)3-7-4-10(13)11(14)5-9(7)12/h4-5,8H,2-3,6H2,1H3. The van der Waals surface area contributed by atoms with Crippen molar-refractivity contribution in [1.82, 2.24) is 4.90 Å². The van der Waals surface area contributed by atoms with Gasteiger partial charge in [-0.25, -0.2) is 13.2 Å². The minimum Gasteiger partial charge on any atom is -0.297 e. The normalized spacial score (nSPS) is 24.3. The molecule has 0 bridgehead atoms. The largest absolute Gasteiger partial charge is 0.297 e. The molecule has 2 unspecified atom stereocenters. The molecule has 0 saturated carbocycles. The molecule has 0 N–H and O–H groups in total. The highest BCUT2D eigenvalue weighted by Crippen LogP contribution is 2.23. The summed E-state index contributed by atoms with van der Waals surface area (Å²) in [6, 6.07) is 1.86. The summed E-state index contributed by atoms with van der Waals surface area (Å²) in [7, 11) is 0. The van der Waals surface area contributed by atoms with Gasteiger partial charge in [-0.05, 0) is 24.6 Å². The van der Waals surface area contributed by atoms with Gasteiger partial charge in [0.1, 0.15) is 5.82 Å². The number of nitrogens with zero attached hydrogens (tertiary/aromatic N) is 1. The molecule has 1 aliphatic rings. The molecule has 1 fully saturated rings. The van der Waals surface area contributed by atoms with E-state index in [-0.39, 0.29) is 11.6 Å². The maximum absolute atomic E-state index is 13.2. The van der Waals surface area contributed by atoms with Crippen molar-refractivity contribution >= 4 is 0 Å². The summed E-state index contributed by atoms with van der Waals surface area (Å²) in [6.45, 7) is 3.84. The van der Waals surface area contributed by atoms with E-state index in [1.165, 1.54) is 0 Å². The van der Waals surface area contributed by atoms with E-state index in [1.54, 1.807) is 0 Å². The fourth-order valence-corrected chi connectivity index (χ4v) is 1.78. The van der Waals surface area contributed by atoms with Gasteiger partial charge in [-0.3, -0.25) is 4.90 Å². The zero-order valence-electron chi connectivity index (χ0n) is 8.43. The zero-order chi connectivity index (χ0) is 11.0. The molecule has 1 nitrogen and oxygen atoms in total. The molecule has 2 atom stereocenters. The Hall–Kier alpha value is -1.03. The molecule has 4 heteroatoms. The van der Waals surface area contributed by atoms with Gasteiger partial charge >= 0.3 is 0 Å². The lowest BCUT2D eigenvalue weighted by Gasteiger charge is -2.03. The van der Waals surface area contributed by atoms with Crippen LogP contribution in [0.25, 0.3) is 0 Å². The molecule has 1 aromatic rings. The first-order valence-electron chi connectivity index (χ1n) is 4.99. The quantitative estimate of drug-likeness (QED) is 0.552. The average Bonchev–Trinajstić information content (AvgIpc) is 2.93. The van der Waals surface area contributed by atoms with Crippen molar-refractivity contribution in [2.45, 2.75) is 19.4 Å². The van der Waals surface area contributed by atoms with E-state index in [1.807, 2.05) is 6.92 Å². The van der Waals surface area contributed by atoms with Gasteiger partial charge in [0.15, 0.2) is 11.6 Å². The summed E-state index contributed by atoms with van der Waals surface area (Å²) in [6.07, 6.45) is 0.455. The second-order valence-electron chi connectivity index (χ2n) is 3.80. The monoisotopic (exact) mass is 215 g/mol. The molecule has 0 amide bonds. The first-order chi connectivity index (χ1) is 7.11. The van der Waals surface area contributed by atoms with Gasteiger partial charge in [-0.15, -0.1) is 0 Å². The Bertz CT molecular complexity index is 378. The molecule has 1 saturated heterocycles. The molecule has 1 aromatic carbocycles. The van der Waals surface area contributed by atoms with E-state index < -0.39 is 17.5 Å². The van der Waals surface area contributed by atoms with Gasteiger partial charge in [0.2, 0.25) is 0 Å². The summed E-state index contributed by atoms with van der Waals surface area (Å²) in [5.41, 5.74) is 0.259. The predicted octanol–water partition coefficient (Wildman–Crippen LogP) is 2.35. The van der Waals surface area contributed by atoms with Gasteiger partial charge in [-0.1, -0.05) is 6.92 Å².